The standard InChI is InChI=1S/C16H16Br2O2/c1-10-6-15(18)13(9-14(10)17)16(19)8-11-4-3-5-12(7-11)20-2/h3-7,9,16,19H,8H2,1-2H3. The van der Waals surface area contributed by atoms with E-state index in [4.69, 9.17) is 4.74 Å². The van der Waals surface area contributed by atoms with Crippen LogP contribution in [0, 0.1) is 6.92 Å². The maximum atomic E-state index is 10.4. The SMILES string of the molecule is COc1cccc(CC(O)c2cc(Br)c(C)cc2Br)c1. The predicted octanol–water partition coefficient (Wildman–Crippen LogP) is 4.80. The average molecular weight is 400 g/mol. The summed E-state index contributed by atoms with van der Waals surface area (Å²) in [7, 11) is 1.64. The number of hydrogen-bond donors (Lipinski definition) is 1. The molecule has 2 rings (SSSR count). The van der Waals surface area contributed by atoms with Crippen LogP contribution in [0.5, 0.6) is 5.75 Å². The molecule has 1 unspecified atom stereocenters. The summed E-state index contributed by atoms with van der Waals surface area (Å²) in [6.07, 6.45) is -0.0148. The molecule has 106 valence electrons. The number of ether oxygens (including phenoxy) is 1. The summed E-state index contributed by atoms with van der Waals surface area (Å²) in [5.74, 6) is 0.804. The van der Waals surface area contributed by atoms with Gasteiger partial charge in [0.25, 0.3) is 0 Å². The second-order valence-electron chi connectivity index (χ2n) is 4.69. The van der Waals surface area contributed by atoms with Crippen molar-refractivity contribution in [1.29, 1.82) is 0 Å². The van der Waals surface area contributed by atoms with E-state index in [-0.39, 0.29) is 0 Å². The van der Waals surface area contributed by atoms with E-state index in [0.29, 0.717) is 6.42 Å². The molecule has 20 heavy (non-hydrogen) atoms. The topological polar surface area (TPSA) is 29.5 Å². The van der Waals surface area contributed by atoms with Gasteiger partial charge in [0.2, 0.25) is 0 Å². The third-order valence-electron chi connectivity index (χ3n) is 3.20. The third-order valence-corrected chi connectivity index (χ3v) is 4.74. The lowest BCUT2D eigenvalue weighted by molar-refractivity contribution is 0.177. The quantitative estimate of drug-likeness (QED) is 0.799. The number of aryl methyl sites for hydroxylation is 1. The first-order valence-corrected chi connectivity index (χ1v) is 7.86. The Bertz CT molecular complexity index is 611. The van der Waals surface area contributed by atoms with Gasteiger partial charge < -0.3 is 9.84 Å². The second kappa shape index (κ2) is 6.74. The zero-order valence-corrected chi connectivity index (χ0v) is 14.5. The number of aliphatic hydroxyl groups excluding tert-OH is 1. The molecule has 2 aromatic carbocycles. The van der Waals surface area contributed by atoms with Gasteiger partial charge >= 0.3 is 0 Å². The minimum Gasteiger partial charge on any atom is -0.497 e. The molecule has 0 aliphatic heterocycles. The van der Waals surface area contributed by atoms with E-state index >= 15 is 0 Å². The molecule has 0 aromatic heterocycles. The van der Waals surface area contributed by atoms with Crippen LogP contribution in [0.4, 0.5) is 0 Å². The van der Waals surface area contributed by atoms with Crippen molar-refractivity contribution in [3.8, 4) is 5.75 Å². The van der Waals surface area contributed by atoms with Crippen LogP contribution in [-0.4, -0.2) is 12.2 Å². The molecule has 0 saturated carbocycles. The third kappa shape index (κ3) is 3.62. The Kier molecular flexibility index (Phi) is 5.24. The highest BCUT2D eigenvalue weighted by atomic mass is 79.9. The van der Waals surface area contributed by atoms with Crippen LogP contribution >= 0.6 is 31.9 Å². The molecule has 2 aromatic rings. The van der Waals surface area contributed by atoms with Crippen LogP contribution in [0.1, 0.15) is 22.8 Å². The Labute approximate surface area is 136 Å². The van der Waals surface area contributed by atoms with Gasteiger partial charge in [-0.05, 0) is 47.9 Å². The van der Waals surface area contributed by atoms with E-state index in [0.717, 1.165) is 31.4 Å². The molecule has 1 atom stereocenters. The van der Waals surface area contributed by atoms with E-state index in [1.54, 1.807) is 7.11 Å². The molecule has 4 heteroatoms. The molecular formula is C16H16Br2O2. The second-order valence-corrected chi connectivity index (χ2v) is 6.40. The number of hydrogen-bond acceptors (Lipinski definition) is 2. The van der Waals surface area contributed by atoms with Crippen molar-refractivity contribution < 1.29 is 9.84 Å². The van der Waals surface area contributed by atoms with Gasteiger partial charge in [-0.15, -0.1) is 0 Å². The van der Waals surface area contributed by atoms with Crippen LogP contribution in [0.3, 0.4) is 0 Å². The van der Waals surface area contributed by atoms with Crippen LogP contribution in [0.25, 0.3) is 0 Å². The summed E-state index contributed by atoms with van der Waals surface area (Å²) < 4.78 is 7.13. The van der Waals surface area contributed by atoms with E-state index < -0.39 is 6.10 Å². The van der Waals surface area contributed by atoms with Gasteiger partial charge in [0.1, 0.15) is 5.75 Å². The van der Waals surface area contributed by atoms with Gasteiger partial charge in [-0.25, -0.2) is 0 Å². The summed E-state index contributed by atoms with van der Waals surface area (Å²) in [5, 5.41) is 10.4. The molecule has 2 nitrogen and oxygen atoms in total. The van der Waals surface area contributed by atoms with Crippen molar-refractivity contribution in [3.05, 3.63) is 62.0 Å². The molecule has 0 aliphatic rings. The monoisotopic (exact) mass is 398 g/mol. The minimum atomic E-state index is -0.562. The van der Waals surface area contributed by atoms with Crippen LogP contribution in [-0.2, 0) is 6.42 Å². The van der Waals surface area contributed by atoms with Gasteiger partial charge in [0, 0.05) is 15.4 Å². The van der Waals surface area contributed by atoms with Gasteiger partial charge in [0.05, 0.1) is 13.2 Å². The molecule has 0 saturated heterocycles. The summed E-state index contributed by atoms with van der Waals surface area (Å²) in [6, 6.07) is 11.7. The van der Waals surface area contributed by atoms with Crippen LogP contribution in [0.2, 0.25) is 0 Å². The van der Waals surface area contributed by atoms with Gasteiger partial charge in [-0.3, -0.25) is 0 Å². The Hall–Kier alpha value is -0.840. The molecule has 0 fully saturated rings. The van der Waals surface area contributed by atoms with Crippen molar-refractivity contribution in [2.24, 2.45) is 0 Å². The fraction of sp³-hybridized carbons (Fsp3) is 0.250. The number of rotatable bonds is 4. The Morgan fingerprint density at radius 1 is 1.15 bits per heavy atom. The zero-order valence-electron chi connectivity index (χ0n) is 11.4. The van der Waals surface area contributed by atoms with Gasteiger partial charge in [-0.1, -0.05) is 44.0 Å². The van der Waals surface area contributed by atoms with Crippen molar-refractivity contribution in [2.75, 3.05) is 7.11 Å². The molecule has 0 heterocycles. The number of benzene rings is 2. The molecule has 0 amide bonds. The lowest BCUT2D eigenvalue weighted by atomic mass is 10.0. The summed E-state index contributed by atoms with van der Waals surface area (Å²) in [6.45, 7) is 2.02. The Balaban J connectivity index is 2.23. The largest absolute Gasteiger partial charge is 0.497 e. The van der Waals surface area contributed by atoms with Crippen LogP contribution in [0.15, 0.2) is 45.3 Å². The molecule has 0 aliphatic carbocycles. The van der Waals surface area contributed by atoms with E-state index in [1.165, 1.54) is 0 Å². The highest BCUT2D eigenvalue weighted by molar-refractivity contribution is 9.11. The molecule has 0 bridgehead atoms. The lowest BCUT2D eigenvalue weighted by Crippen LogP contribution is -2.03. The summed E-state index contributed by atoms with van der Waals surface area (Å²) >= 11 is 7.02. The van der Waals surface area contributed by atoms with Crippen molar-refractivity contribution in [3.63, 3.8) is 0 Å². The Morgan fingerprint density at radius 2 is 1.90 bits per heavy atom. The molecule has 0 radical (unpaired) electrons. The molecule has 1 N–H and O–H groups in total. The first kappa shape index (κ1) is 15.5. The normalized spacial score (nSPS) is 12.2. The highest BCUT2D eigenvalue weighted by Crippen LogP contribution is 2.31. The zero-order chi connectivity index (χ0) is 14.7. The van der Waals surface area contributed by atoms with Crippen molar-refractivity contribution in [1.82, 2.24) is 0 Å². The fourth-order valence-corrected chi connectivity index (χ4v) is 3.13. The van der Waals surface area contributed by atoms with Gasteiger partial charge in [0.15, 0.2) is 0 Å². The number of halogens is 2. The first-order chi connectivity index (χ1) is 9.51. The van der Waals surface area contributed by atoms with E-state index in [2.05, 4.69) is 31.9 Å². The molecule has 0 spiro atoms. The lowest BCUT2D eigenvalue weighted by Gasteiger charge is -2.15. The van der Waals surface area contributed by atoms with Crippen molar-refractivity contribution >= 4 is 31.9 Å². The maximum absolute atomic E-state index is 10.4. The van der Waals surface area contributed by atoms with Gasteiger partial charge in [-0.2, -0.15) is 0 Å². The smallest absolute Gasteiger partial charge is 0.119 e. The number of methoxy groups -OCH3 is 1. The van der Waals surface area contributed by atoms with E-state index in [9.17, 15) is 5.11 Å². The number of aliphatic hydroxyl groups is 1. The maximum Gasteiger partial charge on any atom is 0.119 e. The van der Waals surface area contributed by atoms with E-state index in [1.807, 2.05) is 43.3 Å². The predicted molar refractivity (Wildman–Crippen MR) is 88.2 cm³/mol. The fourth-order valence-electron chi connectivity index (χ4n) is 2.05. The van der Waals surface area contributed by atoms with Crippen molar-refractivity contribution in [2.45, 2.75) is 19.4 Å². The summed E-state index contributed by atoms with van der Waals surface area (Å²) in [4.78, 5) is 0. The highest BCUT2D eigenvalue weighted by Gasteiger charge is 2.14. The summed E-state index contributed by atoms with van der Waals surface area (Å²) in [5.41, 5.74) is 3.06. The van der Waals surface area contributed by atoms with Crippen LogP contribution < -0.4 is 4.74 Å². The molecular weight excluding hydrogens is 384 g/mol. The first-order valence-electron chi connectivity index (χ1n) is 6.28. The average Bonchev–Trinajstić information content (AvgIpc) is 2.43. The minimum absolute atomic E-state index is 0.547. The Morgan fingerprint density at radius 3 is 2.60 bits per heavy atom.